The maximum absolute atomic E-state index is 14.0. The summed E-state index contributed by atoms with van der Waals surface area (Å²) in [7, 11) is 0. The summed E-state index contributed by atoms with van der Waals surface area (Å²) in [6, 6.07) is 10.8. The van der Waals surface area contributed by atoms with Crippen molar-refractivity contribution in [2.75, 3.05) is 0 Å². The molecule has 5 heteroatoms. The number of thioether (sulfide) groups is 1. The molecule has 0 bridgehead atoms. The highest BCUT2D eigenvalue weighted by Crippen LogP contribution is 2.25. The Labute approximate surface area is 114 Å². The molecule has 0 unspecified atom stereocenters. The minimum atomic E-state index is -0.468. The molecule has 0 fully saturated rings. The molecule has 0 radical (unpaired) electrons. The molecule has 0 amide bonds. The Morgan fingerprint density at radius 3 is 2.42 bits per heavy atom. The van der Waals surface area contributed by atoms with Gasteiger partial charge in [0.2, 0.25) is 0 Å². The van der Waals surface area contributed by atoms with E-state index in [1.165, 1.54) is 30.0 Å². The third-order valence-corrected chi connectivity index (χ3v) is 3.64. The smallest absolute Gasteiger partial charge is 0.138 e. The van der Waals surface area contributed by atoms with E-state index < -0.39 is 5.82 Å². The van der Waals surface area contributed by atoms with Gasteiger partial charge in [0.15, 0.2) is 0 Å². The van der Waals surface area contributed by atoms with Crippen LogP contribution in [0.2, 0.25) is 0 Å². The Balaban J connectivity index is 2.13. The highest BCUT2D eigenvalue weighted by atomic mass is 32.2. The zero-order valence-corrected chi connectivity index (χ0v) is 10.8. The van der Waals surface area contributed by atoms with Gasteiger partial charge in [0.1, 0.15) is 17.5 Å². The van der Waals surface area contributed by atoms with Crippen molar-refractivity contribution in [3.05, 3.63) is 65.2 Å². The van der Waals surface area contributed by atoms with Crippen LogP contribution in [0.15, 0.2) is 47.4 Å². The Morgan fingerprint density at radius 2 is 1.79 bits per heavy atom. The largest absolute Gasteiger partial charge is 0.384 e. The third kappa shape index (κ3) is 3.32. The summed E-state index contributed by atoms with van der Waals surface area (Å²) in [5, 5.41) is 7.28. The Hall–Kier alpha value is -1.88. The number of hydrogen-bond acceptors (Lipinski definition) is 2. The van der Waals surface area contributed by atoms with Crippen molar-refractivity contribution in [2.24, 2.45) is 5.73 Å². The number of halogens is 2. The lowest BCUT2D eigenvalue weighted by atomic mass is 10.1. The molecule has 3 N–H and O–H groups in total. The average molecular weight is 278 g/mol. The molecular weight excluding hydrogens is 266 g/mol. The van der Waals surface area contributed by atoms with E-state index in [0.29, 0.717) is 11.3 Å². The lowest BCUT2D eigenvalue weighted by molar-refractivity contribution is 0.614. The zero-order chi connectivity index (χ0) is 13.8. The fourth-order valence-electron chi connectivity index (χ4n) is 1.59. The minimum Gasteiger partial charge on any atom is -0.384 e. The number of amidine groups is 1. The van der Waals surface area contributed by atoms with Gasteiger partial charge in [-0.05, 0) is 35.9 Å². The molecule has 0 saturated heterocycles. The summed E-state index contributed by atoms with van der Waals surface area (Å²) in [6.45, 7) is 0. The first-order valence-corrected chi connectivity index (χ1v) is 6.56. The topological polar surface area (TPSA) is 49.9 Å². The highest BCUT2D eigenvalue weighted by molar-refractivity contribution is 7.98. The molecule has 0 atom stereocenters. The molecule has 19 heavy (non-hydrogen) atoms. The molecule has 98 valence electrons. The van der Waals surface area contributed by atoms with Crippen LogP contribution in [0.3, 0.4) is 0 Å². The van der Waals surface area contributed by atoms with Gasteiger partial charge in [0.05, 0.1) is 5.56 Å². The Morgan fingerprint density at radius 1 is 1.11 bits per heavy atom. The summed E-state index contributed by atoms with van der Waals surface area (Å²) in [5.41, 5.74) is 5.88. The molecule has 0 heterocycles. The second-order valence-corrected chi connectivity index (χ2v) is 4.98. The number of nitrogens with one attached hydrogen (secondary N) is 1. The van der Waals surface area contributed by atoms with Gasteiger partial charge in [-0.2, -0.15) is 0 Å². The van der Waals surface area contributed by atoms with Crippen LogP contribution in [0.25, 0.3) is 0 Å². The molecule has 0 saturated carbocycles. The van der Waals surface area contributed by atoms with E-state index in [2.05, 4.69) is 0 Å². The van der Waals surface area contributed by atoms with Crippen LogP contribution < -0.4 is 5.73 Å². The summed E-state index contributed by atoms with van der Waals surface area (Å²) < 4.78 is 26.7. The second-order valence-electron chi connectivity index (χ2n) is 3.93. The van der Waals surface area contributed by atoms with Gasteiger partial charge in [-0.25, -0.2) is 8.78 Å². The maximum Gasteiger partial charge on any atom is 0.138 e. The second kappa shape index (κ2) is 5.84. The monoisotopic (exact) mass is 278 g/mol. The van der Waals surface area contributed by atoms with Crippen molar-refractivity contribution in [3.8, 4) is 0 Å². The minimum absolute atomic E-state index is 0.109. The van der Waals surface area contributed by atoms with Gasteiger partial charge in [0, 0.05) is 10.6 Å². The number of nitrogens with two attached hydrogens (primary N) is 1. The van der Waals surface area contributed by atoms with Crippen molar-refractivity contribution in [3.63, 3.8) is 0 Å². The standard InChI is InChI=1S/C14H12F2N2S/c15-10-4-6-11(7-5-10)19-8-9-2-1-3-12(13(9)16)14(17)18/h1-7H,8H2,(H3,17,18). The molecule has 2 aromatic rings. The maximum atomic E-state index is 14.0. The van der Waals surface area contributed by atoms with Gasteiger partial charge in [-0.15, -0.1) is 11.8 Å². The van der Waals surface area contributed by atoms with Crippen molar-refractivity contribution in [2.45, 2.75) is 10.6 Å². The number of benzene rings is 2. The van der Waals surface area contributed by atoms with Gasteiger partial charge in [-0.1, -0.05) is 12.1 Å². The van der Waals surface area contributed by atoms with Crippen LogP contribution >= 0.6 is 11.8 Å². The third-order valence-electron chi connectivity index (χ3n) is 2.58. The van der Waals surface area contributed by atoms with Crippen LogP contribution in [0.5, 0.6) is 0 Å². The number of rotatable bonds is 4. The predicted molar refractivity (Wildman–Crippen MR) is 73.4 cm³/mol. The highest BCUT2D eigenvalue weighted by Gasteiger charge is 2.10. The van der Waals surface area contributed by atoms with E-state index in [-0.39, 0.29) is 17.2 Å². The van der Waals surface area contributed by atoms with Gasteiger partial charge in [-0.3, -0.25) is 5.41 Å². The lowest BCUT2D eigenvalue weighted by Gasteiger charge is -2.07. The van der Waals surface area contributed by atoms with Gasteiger partial charge in [0.25, 0.3) is 0 Å². The summed E-state index contributed by atoms with van der Waals surface area (Å²) >= 11 is 1.40. The normalized spacial score (nSPS) is 10.4. The van der Waals surface area contributed by atoms with Crippen LogP contribution in [0.4, 0.5) is 8.78 Å². The number of hydrogen-bond donors (Lipinski definition) is 2. The van der Waals surface area contributed by atoms with E-state index in [1.807, 2.05) is 0 Å². The Kier molecular flexibility index (Phi) is 4.16. The van der Waals surface area contributed by atoms with Crippen LogP contribution in [0.1, 0.15) is 11.1 Å². The first-order chi connectivity index (χ1) is 9.08. The molecule has 0 aliphatic heterocycles. The fourth-order valence-corrected chi connectivity index (χ4v) is 2.46. The molecule has 0 aromatic heterocycles. The molecule has 0 aliphatic carbocycles. The summed E-state index contributed by atoms with van der Waals surface area (Å²) in [6.07, 6.45) is 0. The molecular formula is C14H12F2N2S. The Bertz CT molecular complexity index is 597. The van der Waals surface area contributed by atoms with Crippen molar-refractivity contribution < 1.29 is 8.78 Å². The van der Waals surface area contributed by atoms with Crippen molar-refractivity contribution in [1.29, 1.82) is 5.41 Å². The lowest BCUT2D eigenvalue weighted by Crippen LogP contribution is -2.14. The van der Waals surface area contributed by atoms with E-state index in [9.17, 15) is 8.78 Å². The zero-order valence-electron chi connectivity index (χ0n) is 9.99. The molecule has 2 aromatic carbocycles. The van der Waals surface area contributed by atoms with E-state index in [4.69, 9.17) is 11.1 Å². The van der Waals surface area contributed by atoms with Crippen LogP contribution in [-0.2, 0) is 5.75 Å². The molecule has 0 aliphatic rings. The SMILES string of the molecule is N=C(N)c1cccc(CSc2ccc(F)cc2)c1F. The molecule has 2 rings (SSSR count). The quantitative estimate of drug-likeness (QED) is 0.510. The molecule has 0 spiro atoms. The first kappa shape index (κ1) is 13.5. The van der Waals surface area contributed by atoms with Gasteiger partial charge < -0.3 is 5.73 Å². The van der Waals surface area contributed by atoms with E-state index in [0.717, 1.165) is 4.90 Å². The first-order valence-electron chi connectivity index (χ1n) is 5.58. The van der Waals surface area contributed by atoms with Crippen molar-refractivity contribution in [1.82, 2.24) is 0 Å². The van der Waals surface area contributed by atoms with E-state index >= 15 is 0 Å². The van der Waals surface area contributed by atoms with E-state index in [1.54, 1.807) is 24.3 Å². The molecule has 2 nitrogen and oxygen atoms in total. The van der Waals surface area contributed by atoms with Crippen molar-refractivity contribution >= 4 is 17.6 Å². The number of nitrogen functional groups attached to an aromatic ring is 1. The fraction of sp³-hybridized carbons (Fsp3) is 0.0714. The predicted octanol–water partition coefficient (Wildman–Crippen LogP) is 3.54. The van der Waals surface area contributed by atoms with Gasteiger partial charge >= 0.3 is 0 Å². The summed E-state index contributed by atoms with van der Waals surface area (Å²) in [4.78, 5) is 0.856. The summed E-state index contributed by atoms with van der Waals surface area (Å²) in [5.74, 6) is -0.650. The van der Waals surface area contributed by atoms with Crippen LogP contribution in [0, 0.1) is 17.0 Å². The average Bonchev–Trinajstić information content (AvgIpc) is 2.39. The van der Waals surface area contributed by atoms with Crippen LogP contribution in [-0.4, -0.2) is 5.84 Å².